The molecule has 0 heterocycles. The summed E-state index contributed by atoms with van der Waals surface area (Å²) < 4.78 is 10.9. The van der Waals surface area contributed by atoms with E-state index in [0.717, 1.165) is 25.7 Å². The number of hydrogen-bond donors (Lipinski definition) is 0. The molecule has 0 saturated heterocycles. The average Bonchev–Trinajstić information content (AvgIpc) is 2.49. The quantitative estimate of drug-likeness (QED) is 0.276. The Morgan fingerprint density at radius 2 is 0.962 bits per heavy atom. The van der Waals surface area contributed by atoms with Crippen LogP contribution < -0.4 is 0 Å². The Kier molecular flexibility index (Phi) is 10.8. The zero-order chi connectivity index (χ0) is 20.4. The second kappa shape index (κ2) is 11.4. The highest BCUT2D eigenvalue weighted by atomic mass is 16.5. The summed E-state index contributed by atoms with van der Waals surface area (Å²) in [7, 11) is 0. The highest BCUT2D eigenvalue weighted by Gasteiger charge is 2.30. The van der Waals surface area contributed by atoms with Crippen LogP contribution in [0.25, 0.3) is 0 Å². The van der Waals surface area contributed by atoms with Crippen molar-refractivity contribution in [3.63, 3.8) is 0 Å². The van der Waals surface area contributed by atoms with Gasteiger partial charge in [0.15, 0.2) is 0 Å². The Morgan fingerprint density at radius 3 is 1.19 bits per heavy atom. The molecule has 0 aliphatic heterocycles. The van der Waals surface area contributed by atoms with Crippen molar-refractivity contribution in [3.05, 3.63) is 11.1 Å². The van der Waals surface area contributed by atoms with Gasteiger partial charge < -0.3 is 9.47 Å². The van der Waals surface area contributed by atoms with Crippen LogP contribution in [-0.4, -0.2) is 25.2 Å². The largest absolute Gasteiger partial charge is 0.462 e. The summed E-state index contributed by atoms with van der Waals surface area (Å²) in [6, 6.07) is 0. The van der Waals surface area contributed by atoms with Crippen LogP contribution in [0.5, 0.6) is 0 Å². The smallest absolute Gasteiger partial charge is 0.334 e. The molecular weight excluding hydrogens is 328 g/mol. The Bertz CT molecular complexity index is 431. The van der Waals surface area contributed by atoms with Crippen molar-refractivity contribution in [1.29, 1.82) is 0 Å². The number of carbonyl (C=O) groups excluding carboxylic acids is 2. The lowest BCUT2D eigenvalue weighted by Gasteiger charge is -2.25. The zero-order valence-corrected chi connectivity index (χ0v) is 18.3. The fourth-order valence-electron chi connectivity index (χ4n) is 2.46. The molecule has 0 spiro atoms. The molecule has 0 aliphatic carbocycles. The van der Waals surface area contributed by atoms with Gasteiger partial charge in [-0.15, -0.1) is 0 Å². The topological polar surface area (TPSA) is 52.6 Å². The highest BCUT2D eigenvalue weighted by Crippen LogP contribution is 2.33. The molecule has 0 aromatic carbocycles. The van der Waals surface area contributed by atoms with E-state index in [1.807, 2.05) is 0 Å². The van der Waals surface area contributed by atoms with Crippen LogP contribution in [0, 0.1) is 10.8 Å². The van der Waals surface area contributed by atoms with Crippen LogP contribution in [0.2, 0.25) is 0 Å². The van der Waals surface area contributed by atoms with Gasteiger partial charge in [0, 0.05) is 11.1 Å². The molecule has 0 radical (unpaired) electrons. The van der Waals surface area contributed by atoms with E-state index in [1.54, 1.807) is 0 Å². The van der Waals surface area contributed by atoms with Crippen molar-refractivity contribution >= 4 is 11.9 Å². The number of hydrogen-bond acceptors (Lipinski definition) is 4. The SMILES string of the molecule is CCCCOC(=O)C(CC(C)(C)C)=C(CC(C)(C)C)C(=O)OCCCC. The normalized spacial score (nSPS) is 13.2. The Labute approximate surface area is 160 Å². The van der Waals surface area contributed by atoms with E-state index in [9.17, 15) is 9.59 Å². The molecule has 0 unspecified atom stereocenters. The van der Waals surface area contributed by atoms with E-state index in [2.05, 4.69) is 55.4 Å². The molecular formula is C22H40O4. The van der Waals surface area contributed by atoms with Crippen LogP contribution in [0.15, 0.2) is 11.1 Å². The van der Waals surface area contributed by atoms with E-state index in [1.165, 1.54) is 0 Å². The van der Waals surface area contributed by atoms with E-state index in [0.29, 0.717) is 37.2 Å². The van der Waals surface area contributed by atoms with Gasteiger partial charge in [-0.25, -0.2) is 9.59 Å². The zero-order valence-electron chi connectivity index (χ0n) is 18.3. The Hall–Kier alpha value is -1.32. The lowest BCUT2D eigenvalue weighted by molar-refractivity contribution is -0.143. The molecule has 0 aromatic rings. The van der Waals surface area contributed by atoms with Gasteiger partial charge in [0.25, 0.3) is 0 Å². The minimum atomic E-state index is -0.375. The van der Waals surface area contributed by atoms with E-state index < -0.39 is 0 Å². The molecule has 26 heavy (non-hydrogen) atoms. The number of rotatable bonds is 10. The predicted molar refractivity (Wildman–Crippen MR) is 107 cm³/mol. The first-order chi connectivity index (χ1) is 11.9. The lowest BCUT2D eigenvalue weighted by atomic mass is 9.81. The Morgan fingerprint density at radius 1 is 0.654 bits per heavy atom. The van der Waals surface area contributed by atoms with E-state index in [4.69, 9.17) is 9.47 Å². The minimum Gasteiger partial charge on any atom is -0.462 e. The second-order valence-corrected chi connectivity index (χ2v) is 9.41. The second-order valence-electron chi connectivity index (χ2n) is 9.41. The summed E-state index contributed by atoms with van der Waals surface area (Å²) in [5.41, 5.74) is 0.688. The van der Waals surface area contributed by atoms with Gasteiger partial charge >= 0.3 is 11.9 Å². The summed E-state index contributed by atoms with van der Waals surface area (Å²) in [6.45, 7) is 17.2. The van der Waals surface area contributed by atoms with Gasteiger partial charge in [-0.1, -0.05) is 68.2 Å². The van der Waals surface area contributed by atoms with Gasteiger partial charge in [0.2, 0.25) is 0 Å². The maximum absolute atomic E-state index is 12.8. The van der Waals surface area contributed by atoms with E-state index >= 15 is 0 Å². The predicted octanol–water partition coefficient (Wildman–Crippen LogP) is 5.84. The third-order valence-corrected chi connectivity index (χ3v) is 3.73. The van der Waals surface area contributed by atoms with Crippen molar-refractivity contribution < 1.29 is 19.1 Å². The number of esters is 2. The van der Waals surface area contributed by atoms with Crippen LogP contribution in [-0.2, 0) is 19.1 Å². The maximum atomic E-state index is 12.8. The molecule has 0 amide bonds. The summed E-state index contributed by atoms with van der Waals surface area (Å²) in [4.78, 5) is 25.5. The van der Waals surface area contributed by atoms with Crippen molar-refractivity contribution in [2.45, 2.75) is 93.9 Å². The molecule has 0 aliphatic rings. The summed E-state index contributed by atoms with van der Waals surface area (Å²) in [6.07, 6.45) is 4.55. The lowest BCUT2D eigenvalue weighted by Crippen LogP contribution is -2.24. The first-order valence-corrected chi connectivity index (χ1v) is 9.97. The van der Waals surface area contributed by atoms with Gasteiger partial charge in [-0.2, -0.15) is 0 Å². The first-order valence-electron chi connectivity index (χ1n) is 9.97. The number of unbranched alkanes of at least 4 members (excludes halogenated alkanes) is 2. The van der Waals surface area contributed by atoms with Crippen LogP contribution in [0.4, 0.5) is 0 Å². The number of ether oxygens (including phenoxy) is 2. The molecule has 0 saturated carbocycles. The monoisotopic (exact) mass is 368 g/mol. The summed E-state index contributed by atoms with van der Waals surface area (Å²) >= 11 is 0. The average molecular weight is 369 g/mol. The molecule has 0 atom stereocenters. The summed E-state index contributed by atoms with van der Waals surface area (Å²) in [5, 5.41) is 0. The molecule has 4 nitrogen and oxygen atoms in total. The Balaban J connectivity index is 5.79. The van der Waals surface area contributed by atoms with Gasteiger partial charge in [-0.05, 0) is 36.5 Å². The number of carbonyl (C=O) groups is 2. The fourth-order valence-corrected chi connectivity index (χ4v) is 2.46. The van der Waals surface area contributed by atoms with Gasteiger partial charge in [0.05, 0.1) is 13.2 Å². The fraction of sp³-hybridized carbons (Fsp3) is 0.818. The molecule has 0 N–H and O–H groups in total. The molecule has 152 valence electrons. The third-order valence-electron chi connectivity index (χ3n) is 3.73. The maximum Gasteiger partial charge on any atom is 0.334 e. The van der Waals surface area contributed by atoms with Crippen molar-refractivity contribution in [3.8, 4) is 0 Å². The van der Waals surface area contributed by atoms with Crippen LogP contribution >= 0.6 is 0 Å². The van der Waals surface area contributed by atoms with Crippen molar-refractivity contribution in [2.75, 3.05) is 13.2 Å². The highest BCUT2D eigenvalue weighted by molar-refractivity contribution is 6.00. The van der Waals surface area contributed by atoms with Crippen molar-refractivity contribution in [2.24, 2.45) is 10.8 Å². The van der Waals surface area contributed by atoms with Crippen LogP contribution in [0.1, 0.15) is 93.9 Å². The molecule has 0 bridgehead atoms. The molecule has 0 rings (SSSR count). The third kappa shape index (κ3) is 11.3. The minimum absolute atomic E-state index is 0.133. The van der Waals surface area contributed by atoms with Crippen LogP contribution in [0.3, 0.4) is 0 Å². The molecule has 0 aromatic heterocycles. The van der Waals surface area contributed by atoms with Crippen molar-refractivity contribution in [1.82, 2.24) is 0 Å². The standard InChI is InChI=1S/C22H40O4/c1-9-11-13-25-19(23)17(15-21(3,4)5)18(16-22(6,7)8)20(24)26-14-12-10-2/h9-16H2,1-8H3. The molecule has 0 fully saturated rings. The summed E-state index contributed by atoms with van der Waals surface area (Å²) in [5.74, 6) is -0.750. The van der Waals surface area contributed by atoms with E-state index in [-0.39, 0.29) is 22.8 Å². The molecule has 4 heteroatoms. The van der Waals surface area contributed by atoms with Gasteiger partial charge in [-0.3, -0.25) is 0 Å². The first kappa shape index (κ1) is 24.7. The van der Waals surface area contributed by atoms with Gasteiger partial charge in [0.1, 0.15) is 0 Å².